The van der Waals surface area contributed by atoms with E-state index in [-0.39, 0.29) is 0 Å². The van der Waals surface area contributed by atoms with Crippen LogP contribution in [0.25, 0.3) is 179 Å². The molecule has 0 aliphatic heterocycles. The molecular formula is C118H78N12Si2. The molecule has 0 saturated carbocycles. The minimum absolute atomic E-state index is 0.428. The molecule has 0 fully saturated rings. The zero-order chi connectivity index (χ0) is 87.0. The molecule has 0 spiro atoms. The van der Waals surface area contributed by atoms with E-state index in [0.29, 0.717) is 23.5 Å². The van der Waals surface area contributed by atoms with Gasteiger partial charge in [0.2, 0.25) is 23.5 Å². The van der Waals surface area contributed by atoms with Crippen molar-refractivity contribution < 1.29 is 0 Å². The van der Waals surface area contributed by atoms with Gasteiger partial charge in [-0.25, -0.2) is 19.5 Å². The predicted molar refractivity (Wildman–Crippen MR) is 547 cm³/mol. The van der Waals surface area contributed by atoms with Crippen LogP contribution in [-0.4, -0.2) is 73.1 Å². The molecule has 12 nitrogen and oxygen atoms in total. The Labute approximate surface area is 761 Å². The molecule has 14 heteroatoms. The Morgan fingerprint density at radius 3 is 1.01 bits per heavy atom. The van der Waals surface area contributed by atoms with Crippen LogP contribution in [-0.2, 0) is 0 Å². The number of imidazole rings is 4. The summed E-state index contributed by atoms with van der Waals surface area (Å²) >= 11 is 0. The molecule has 26 aromatic rings. The molecule has 0 aliphatic rings. The van der Waals surface area contributed by atoms with Crippen molar-refractivity contribution >= 4 is 157 Å². The number of rotatable bonds is 17. The Morgan fingerprint density at radius 1 is 0.174 bits per heavy atom. The largest absolute Gasteiger partial charge is 0.294 e. The van der Waals surface area contributed by atoms with Crippen LogP contribution in [0.4, 0.5) is 0 Å². The average Bonchev–Trinajstić information content (AvgIpc) is 1.38. The van der Waals surface area contributed by atoms with Crippen molar-refractivity contribution in [3.05, 3.63) is 473 Å². The molecule has 0 unspecified atom stereocenters. The van der Waals surface area contributed by atoms with E-state index in [1.807, 2.05) is 0 Å². The van der Waals surface area contributed by atoms with Gasteiger partial charge in [-0.15, -0.1) is 0 Å². The van der Waals surface area contributed by atoms with Crippen molar-refractivity contribution in [2.24, 2.45) is 0 Å². The minimum atomic E-state index is -3.31. The quantitative estimate of drug-likeness (QED) is 0.0664. The van der Waals surface area contributed by atoms with Crippen molar-refractivity contribution in [1.82, 2.24) is 57.0 Å². The van der Waals surface area contributed by atoms with Gasteiger partial charge in [-0.3, -0.25) is 22.5 Å². The van der Waals surface area contributed by atoms with Crippen molar-refractivity contribution in [3.8, 4) is 79.4 Å². The number of para-hydroxylation sites is 10. The molecule has 132 heavy (non-hydrogen) atoms. The summed E-state index contributed by atoms with van der Waals surface area (Å²) in [6, 6.07) is 173. The average molecular weight is 1720 g/mol. The zero-order valence-electron chi connectivity index (χ0n) is 71.4. The monoisotopic (exact) mass is 1720 g/mol. The predicted octanol–water partition coefficient (Wildman–Crippen LogP) is 22.0. The van der Waals surface area contributed by atoms with Gasteiger partial charge in [0.1, 0.15) is 11.6 Å². The molecule has 0 bridgehead atoms. The summed E-state index contributed by atoms with van der Waals surface area (Å²) in [5.74, 6) is 4.45. The topological polar surface area (TPSA) is 106 Å². The van der Waals surface area contributed by atoms with Gasteiger partial charge < -0.3 is 0 Å². The first-order valence-electron chi connectivity index (χ1n) is 44.8. The number of aromatic nitrogens is 12. The Bertz CT molecular complexity index is 8810. The van der Waals surface area contributed by atoms with Crippen LogP contribution in [0, 0.1) is 0 Å². The fourth-order valence-electron chi connectivity index (χ4n) is 21.3. The summed E-state index contributed by atoms with van der Waals surface area (Å²) in [7, 11) is -6.33. The molecule has 8 heterocycles. The van der Waals surface area contributed by atoms with Crippen LogP contribution in [0.15, 0.2) is 473 Å². The van der Waals surface area contributed by atoms with E-state index in [4.69, 9.17) is 29.9 Å². The number of fused-ring (bicyclic) bond motifs is 16. The van der Waals surface area contributed by atoms with Gasteiger partial charge in [-0.05, 0) is 183 Å². The van der Waals surface area contributed by atoms with Gasteiger partial charge >= 0.3 is 0 Å². The van der Waals surface area contributed by atoms with E-state index >= 15 is 0 Å². The summed E-state index contributed by atoms with van der Waals surface area (Å²) in [6.45, 7) is 0. The third-order valence-electron chi connectivity index (χ3n) is 27.0. The van der Waals surface area contributed by atoms with Crippen molar-refractivity contribution in [3.63, 3.8) is 0 Å². The summed E-state index contributed by atoms with van der Waals surface area (Å²) in [6.07, 6.45) is 0. The molecular weight excluding hydrogens is 1640 g/mol. The molecule has 18 aromatic carbocycles. The van der Waals surface area contributed by atoms with E-state index in [1.54, 1.807) is 0 Å². The van der Waals surface area contributed by atoms with Gasteiger partial charge in [0, 0.05) is 27.1 Å². The highest BCUT2D eigenvalue weighted by Gasteiger charge is 2.45. The minimum Gasteiger partial charge on any atom is -0.294 e. The summed E-state index contributed by atoms with van der Waals surface area (Å²) in [5.41, 5.74) is 21.2. The molecule has 0 saturated heterocycles. The summed E-state index contributed by atoms with van der Waals surface area (Å²) < 4.78 is 13.5. The number of benzene rings is 18. The maximum atomic E-state index is 5.75. The van der Waals surface area contributed by atoms with Crippen LogP contribution < -0.4 is 41.5 Å². The van der Waals surface area contributed by atoms with Gasteiger partial charge in [0.25, 0.3) is 0 Å². The first-order valence-corrected chi connectivity index (χ1v) is 48.8. The molecule has 0 N–H and O–H groups in total. The smallest absolute Gasteiger partial charge is 0.242 e. The molecule has 0 radical (unpaired) electrons. The highest BCUT2D eigenvalue weighted by Crippen LogP contribution is 2.41. The zero-order valence-corrected chi connectivity index (χ0v) is 73.4. The number of hydrogen-bond donors (Lipinski definition) is 0. The summed E-state index contributed by atoms with van der Waals surface area (Å²) in [5, 5.41) is 14.8. The highest BCUT2D eigenvalue weighted by atomic mass is 28.3. The second-order valence-corrected chi connectivity index (χ2v) is 41.6. The van der Waals surface area contributed by atoms with Crippen LogP contribution in [0.5, 0.6) is 0 Å². The van der Waals surface area contributed by atoms with E-state index in [0.717, 1.165) is 155 Å². The third kappa shape index (κ3) is 11.8. The maximum Gasteiger partial charge on any atom is 0.242 e. The van der Waals surface area contributed by atoms with Gasteiger partial charge in [0.15, 0.2) is 22.0 Å². The van der Waals surface area contributed by atoms with Crippen LogP contribution in [0.3, 0.4) is 0 Å². The van der Waals surface area contributed by atoms with Crippen molar-refractivity contribution in [2.45, 2.75) is 0 Å². The Balaban J connectivity index is 0.627. The standard InChI is InChI=1S/C118H78N12Si2/c1-6-40-86(41-7-1)131(87-42-8-2-9-43-87,88-44-10-3-11-45-88)110-66-32-21-51-93(110)83-38-35-39-84(75-83)114-122-115(126-102-60-26-18-54-96(102)97-55-19-27-61-103(97)126)124-116(123-114)130-108-73-70-81(76-109(108)128-105-63-29-23-57-99(105)120-118(128)130)79-68-71-91(72-69-79)132(89-46-12-4-13-47-89,90-48-14-5-15-49-90)111-67-33-20-50-92(111)82-37-34-36-80(74-82)85-77-112(125-100-58-24-16-52-94(100)95-53-17-25-59-101(95)125)121-113(78-85)129-107-65-31-30-64-106(107)127-104-62-28-22-56-98(104)119-117(127)129/h1-78H. The van der Waals surface area contributed by atoms with E-state index in [9.17, 15) is 0 Å². The normalized spacial score (nSPS) is 12.1. The SMILES string of the molecule is c1ccc([Si](c2ccccc2)(c2ccc(-c3ccc4c(c3)n3c5ccccc5nc3n4-c3nc(-c4cccc(-c5ccccc5[Si](c5ccccc5)(c5ccccc5)c5ccccc5)c4)nc(-n4c5ccccc5c5ccccc54)n3)cc2)c2ccccc2-c2cccc(-c3cc(-n4c5ccccc5c5ccccc54)nc(-n4c5ccccc5n5c6ccccc6nc45)c3)c2)cc1. The lowest BCUT2D eigenvalue weighted by Crippen LogP contribution is -2.75. The molecule has 0 aliphatic carbocycles. The summed E-state index contributed by atoms with van der Waals surface area (Å²) in [4.78, 5) is 33.7. The van der Waals surface area contributed by atoms with Crippen molar-refractivity contribution in [2.75, 3.05) is 0 Å². The number of nitrogens with zero attached hydrogens (tertiary/aromatic N) is 12. The first-order chi connectivity index (χ1) is 65.5. The van der Waals surface area contributed by atoms with Gasteiger partial charge in [0.05, 0.1) is 66.2 Å². The second-order valence-electron chi connectivity index (χ2n) is 34.1. The Kier molecular flexibility index (Phi) is 17.7. The maximum absolute atomic E-state index is 5.75. The first kappa shape index (κ1) is 76.0. The lowest BCUT2D eigenvalue weighted by Gasteiger charge is -2.36. The lowest BCUT2D eigenvalue weighted by atomic mass is 9.99. The molecule has 0 amide bonds. The van der Waals surface area contributed by atoms with Crippen LogP contribution in [0.2, 0.25) is 0 Å². The van der Waals surface area contributed by atoms with E-state index < -0.39 is 16.1 Å². The molecule has 8 aromatic heterocycles. The number of hydrogen-bond acceptors (Lipinski definition) is 6. The second kappa shape index (κ2) is 30.7. The third-order valence-corrected chi connectivity index (χ3v) is 36.7. The molecule has 0 atom stereocenters. The molecule has 26 rings (SSSR count). The highest BCUT2D eigenvalue weighted by molar-refractivity contribution is 7.21. The number of pyridine rings is 1. The lowest BCUT2D eigenvalue weighted by molar-refractivity contribution is 0.885. The van der Waals surface area contributed by atoms with Crippen LogP contribution in [0.1, 0.15) is 0 Å². The van der Waals surface area contributed by atoms with E-state index in [2.05, 4.69) is 500 Å². The van der Waals surface area contributed by atoms with Gasteiger partial charge in [-0.2, -0.15) is 15.0 Å². The van der Waals surface area contributed by atoms with Crippen molar-refractivity contribution in [1.29, 1.82) is 0 Å². The Hall–Kier alpha value is -17.3. The molecule has 618 valence electrons. The van der Waals surface area contributed by atoms with E-state index in [1.165, 1.54) is 41.5 Å². The fourth-order valence-corrected chi connectivity index (χ4v) is 31.3. The van der Waals surface area contributed by atoms with Gasteiger partial charge in [-0.1, -0.05) is 376 Å². The van der Waals surface area contributed by atoms with Crippen LogP contribution >= 0.6 is 0 Å². The fraction of sp³-hybridized carbons (Fsp3) is 0. The Morgan fingerprint density at radius 2 is 0.515 bits per heavy atom.